The molecule has 0 saturated carbocycles. The molecule has 1 aromatic carbocycles. The fourth-order valence-electron chi connectivity index (χ4n) is 2.71. The largest absolute Gasteiger partial charge is 0.467 e. The zero-order chi connectivity index (χ0) is 15.5. The van der Waals surface area contributed by atoms with Gasteiger partial charge in [-0.2, -0.15) is 0 Å². The summed E-state index contributed by atoms with van der Waals surface area (Å²) in [6, 6.07) is 2.36. The summed E-state index contributed by atoms with van der Waals surface area (Å²) >= 11 is 0. The molecule has 2 aliphatic heterocycles. The van der Waals surface area contributed by atoms with Crippen LogP contribution in [0.3, 0.4) is 0 Å². The molecular formula is C15H19FN2O4. The Morgan fingerprint density at radius 3 is 3.18 bits per heavy atom. The van der Waals surface area contributed by atoms with Gasteiger partial charge in [0.1, 0.15) is 17.6 Å². The van der Waals surface area contributed by atoms with E-state index in [4.69, 9.17) is 14.2 Å². The average Bonchev–Trinajstić information content (AvgIpc) is 2.52. The zero-order valence-electron chi connectivity index (χ0n) is 12.4. The Kier molecular flexibility index (Phi) is 4.56. The number of nitrogens with one attached hydrogen (secondary N) is 2. The van der Waals surface area contributed by atoms with Crippen LogP contribution >= 0.6 is 0 Å². The molecule has 22 heavy (non-hydrogen) atoms. The van der Waals surface area contributed by atoms with Gasteiger partial charge < -0.3 is 24.8 Å². The molecule has 0 aromatic heterocycles. The number of morpholine rings is 1. The maximum absolute atomic E-state index is 13.6. The van der Waals surface area contributed by atoms with E-state index in [1.807, 2.05) is 6.92 Å². The lowest BCUT2D eigenvalue weighted by atomic mass is 10.1. The number of amides is 1. The van der Waals surface area contributed by atoms with Crippen molar-refractivity contribution in [3.63, 3.8) is 0 Å². The molecule has 2 aliphatic rings. The molecule has 0 spiro atoms. The summed E-state index contributed by atoms with van der Waals surface area (Å²) in [7, 11) is 0. The van der Waals surface area contributed by atoms with E-state index in [-0.39, 0.29) is 31.2 Å². The van der Waals surface area contributed by atoms with E-state index in [9.17, 15) is 9.18 Å². The molecule has 1 amide bonds. The number of hydrogen-bond acceptors (Lipinski definition) is 5. The fourth-order valence-corrected chi connectivity index (χ4v) is 2.71. The lowest BCUT2D eigenvalue weighted by Gasteiger charge is -2.29. The van der Waals surface area contributed by atoms with E-state index >= 15 is 0 Å². The highest BCUT2D eigenvalue weighted by atomic mass is 19.1. The van der Waals surface area contributed by atoms with Crippen LogP contribution in [0.25, 0.3) is 0 Å². The minimum absolute atomic E-state index is 0.134. The first kappa shape index (κ1) is 15.2. The van der Waals surface area contributed by atoms with E-state index in [0.29, 0.717) is 36.6 Å². The van der Waals surface area contributed by atoms with Gasteiger partial charge in [0.2, 0.25) is 5.91 Å². The Hall–Kier alpha value is -1.70. The van der Waals surface area contributed by atoms with Crippen molar-refractivity contribution in [1.82, 2.24) is 10.6 Å². The minimum atomic E-state index is -0.401. The molecule has 0 bridgehead atoms. The molecule has 1 saturated heterocycles. The molecule has 3 rings (SSSR count). The Morgan fingerprint density at radius 1 is 1.50 bits per heavy atom. The van der Waals surface area contributed by atoms with Crippen molar-refractivity contribution >= 4 is 5.91 Å². The Bertz CT molecular complexity index is 567. The molecule has 2 atom stereocenters. The molecular weight excluding hydrogens is 291 g/mol. The van der Waals surface area contributed by atoms with Crippen molar-refractivity contribution in [2.75, 3.05) is 19.9 Å². The van der Waals surface area contributed by atoms with Crippen molar-refractivity contribution < 1.29 is 23.4 Å². The first-order valence-corrected chi connectivity index (χ1v) is 7.29. The quantitative estimate of drug-likeness (QED) is 0.859. The summed E-state index contributed by atoms with van der Waals surface area (Å²) in [6.45, 7) is 3.72. The van der Waals surface area contributed by atoms with Gasteiger partial charge in [0.15, 0.2) is 6.79 Å². The second-order valence-electron chi connectivity index (χ2n) is 5.39. The van der Waals surface area contributed by atoms with Gasteiger partial charge in [0.05, 0.1) is 19.3 Å². The third-order valence-corrected chi connectivity index (χ3v) is 3.80. The van der Waals surface area contributed by atoms with Crippen LogP contribution in [0, 0.1) is 5.82 Å². The predicted octanol–water partition coefficient (Wildman–Crippen LogP) is 0.685. The number of rotatable bonds is 3. The summed E-state index contributed by atoms with van der Waals surface area (Å²) in [5.41, 5.74) is 1.26. The van der Waals surface area contributed by atoms with Gasteiger partial charge in [-0.3, -0.25) is 4.79 Å². The van der Waals surface area contributed by atoms with Crippen LogP contribution in [0.1, 0.15) is 18.1 Å². The number of carbonyl (C=O) groups is 1. The highest BCUT2D eigenvalue weighted by Crippen LogP contribution is 2.29. The van der Waals surface area contributed by atoms with Crippen LogP contribution in [0.5, 0.6) is 5.75 Å². The number of benzene rings is 1. The second-order valence-corrected chi connectivity index (χ2v) is 5.39. The normalized spacial score (nSPS) is 24.3. The zero-order valence-corrected chi connectivity index (χ0v) is 12.4. The topological polar surface area (TPSA) is 68.8 Å². The van der Waals surface area contributed by atoms with E-state index in [2.05, 4.69) is 10.6 Å². The predicted molar refractivity (Wildman–Crippen MR) is 75.7 cm³/mol. The maximum Gasteiger partial charge on any atom is 0.240 e. The Balaban J connectivity index is 1.68. The molecule has 0 radical (unpaired) electrons. The third kappa shape index (κ3) is 3.21. The first-order chi connectivity index (χ1) is 10.6. The van der Waals surface area contributed by atoms with Crippen LogP contribution in [-0.4, -0.2) is 38.0 Å². The van der Waals surface area contributed by atoms with E-state index < -0.39 is 6.04 Å². The monoisotopic (exact) mass is 310 g/mol. The van der Waals surface area contributed by atoms with Crippen LogP contribution in [0.2, 0.25) is 0 Å². The van der Waals surface area contributed by atoms with E-state index in [1.54, 1.807) is 0 Å². The first-order valence-electron chi connectivity index (χ1n) is 7.29. The van der Waals surface area contributed by atoms with Gasteiger partial charge in [-0.05, 0) is 19.1 Å². The molecule has 2 N–H and O–H groups in total. The van der Waals surface area contributed by atoms with E-state index in [0.717, 1.165) is 0 Å². The van der Waals surface area contributed by atoms with Crippen LogP contribution in [0.15, 0.2) is 12.1 Å². The average molecular weight is 310 g/mol. The van der Waals surface area contributed by atoms with Gasteiger partial charge in [-0.1, -0.05) is 0 Å². The molecule has 1 aromatic rings. The highest BCUT2D eigenvalue weighted by molar-refractivity contribution is 5.82. The summed E-state index contributed by atoms with van der Waals surface area (Å²) in [5, 5.41) is 5.92. The van der Waals surface area contributed by atoms with Crippen LogP contribution < -0.4 is 15.4 Å². The molecule has 2 heterocycles. The third-order valence-electron chi connectivity index (χ3n) is 3.80. The van der Waals surface area contributed by atoms with Gasteiger partial charge in [-0.15, -0.1) is 0 Å². The number of hydrogen-bond donors (Lipinski definition) is 2. The fraction of sp³-hybridized carbons (Fsp3) is 0.533. The number of carbonyl (C=O) groups excluding carboxylic acids is 1. The van der Waals surface area contributed by atoms with Crippen LogP contribution in [-0.2, 0) is 27.4 Å². The molecule has 6 nitrogen and oxygen atoms in total. The minimum Gasteiger partial charge on any atom is -0.467 e. The van der Waals surface area contributed by atoms with Crippen molar-refractivity contribution in [1.29, 1.82) is 0 Å². The molecule has 0 aliphatic carbocycles. The number of fused-ring (bicyclic) bond motifs is 1. The second kappa shape index (κ2) is 6.60. The van der Waals surface area contributed by atoms with Gasteiger partial charge in [0.25, 0.3) is 0 Å². The van der Waals surface area contributed by atoms with Crippen LogP contribution in [0.4, 0.5) is 4.39 Å². The lowest BCUT2D eigenvalue weighted by molar-refractivity contribution is -0.129. The maximum atomic E-state index is 13.6. The summed E-state index contributed by atoms with van der Waals surface area (Å²) < 4.78 is 29.7. The Labute approximate surface area is 127 Å². The van der Waals surface area contributed by atoms with Gasteiger partial charge in [0, 0.05) is 24.2 Å². The van der Waals surface area contributed by atoms with Crippen molar-refractivity contribution in [3.05, 3.63) is 29.1 Å². The summed E-state index contributed by atoms with van der Waals surface area (Å²) in [5.74, 6) is 0.0516. The summed E-state index contributed by atoms with van der Waals surface area (Å²) in [4.78, 5) is 12.2. The smallest absolute Gasteiger partial charge is 0.240 e. The number of ether oxygens (including phenoxy) is 3. The highest BCUT2D eigenvalue weighted by Gasteiger charge is 2.28. The molecule has 7 heteroatoms. The standard InChI is InChI=1S/C15H19FN2O4/c1-9-13(17-2-3-21-9)15(19)18-6-10-4-12(16)5-11-7-20-8-22-14(10)11/h4-5,9,13,17H,2-3,6-8H2,1H3,(H,18,19)/t9-,13+/m1/s1. The summed E-state index contributed by atoms with van der Waals surface area (Å²) in [6.07, 6.45) is -0.195. The SMILES string of the molecule is C[C@H]1OCCN[C@@H]1C(=O)NCc1cc(F)cc2c1OCOC2. The van der Waals surface area contributed by atoms with E-state index in [1.165, 1.54) is 12.1 Å². The lowest BCUT2D eigenvalue weighted by Crippen LogP contribution is -2.55. The molecule has 0 unspecified atom stereocenters. The van der Waals surface area contributed by atoms with Crippen molar-refractivity contribution in [2.24, 2.45) is 0 Å². The molecule has 120 valence electrons. The van der Waals surface area contributed by atoms with Crippen molar-refractivity contribution in [3.8, 4) is 5.75 Å². The van der Waals surface area contributed by atoms with Gasteiger partial charge in [-0.25, -0.2) is 4.39 Å². The Morgan fingerprint density at radius 2 is 2.36 bits per heavy atom. The van der Waals surface area contributed by atoms with Crippen molar-refractivity contribution in [2.45, 2.75) is 32.2 Å². The molecule has 1 fully saturated rings. The van der Waals surface area contributed by atoms with Gasteiger partial charge >= 0.3 is 0 Å². The number of halogens is 1.